The van der Waals surface area contributed by atoms with Gasteiger partial charge in [0.1, 0.15) is 16.3 Å². The third-order valence-electron chi connectivity index (χ3n) is 4.74. The molecule has 0 aliphatic heterocycles. The Hall–Kier alpha value is -3.44. The van der Waals surface area contributed by atoms with E-state index in [1.165, 1.54) is 21.1 Å². The van der Waals surface area contributed by atoms with E-state index in [4.69, 9.17) is 0 Å². The summed E-state index contributed by atoms with van der Waals surface area (Å²) in [5, 5.41) is 6.72. The minimum atomic E-state index is -3.70. The highest BCUT2D eigenvalue weighted by Crippen LogP contribution is 2.19. The van der Waals surface area contributed by atoms with Gasteiger partial charge < -0.3 is 4.57 Å². The van der Waals surface area contributed by atoms with Crippen molar-refractivity contribution in [2.75, 3.05) is 13.1 Å². The van der Waals surface area contributed by atoms with Crippen molar-refractivity contribution in [1.82, 2.24) is 29.9 Å². The lowest BCUT2D eigenvalue weighted by Gasteiger charge is -2.17. The molecule has 0 spiro atoms. The van der Waals surface area contributed by atoms with Gasteiger partial charge in [0.15, 0.2) is 0 Å². The largest absolute Gasteiger partial charge is 0.345 e. The molecule has 0 radical (unpaired) electrons. The van der Waals surface area contributed by atoms with Crippen LogP contribution in [0.15, 0.2) is 53.6 Å². The van der Waals surface area contributed by atoms with Crippen LogP contribution in [0.1, 0.15) is 34.8 Å². The van der Waals surface area contributed by atoms with E-state index in [1.807, 2.05) is 30.3 Å². The number of sulfonamides is 1. The van der Waals surface area contributed by atoms with E-state index < -0.39 is 21.8 Å². The molecule has 2 aromatic heterocycles. The Labute approximate surface area is 180 Å². The van der Waals surface area contributed by atoms with E-state index in [2.05, 4.69) is 21.0 Å². The second kappa shape index (κ2) is 9.14. The molecule has 3 aromatic rings. The molecule has 0 saturated carbocycles. The highest BCUT2D eigenvalue weighted by Gasteiger charge is 2.25. The number of nitrogens with zero attached hydrogens (tertiary/aromatic N) is 3. The van der Waals surface area contributed by atoms with E-state index in [9.17, 15) is 18.0 Å². The SMILES string of the molecule is CCN(CC)S(=O)(=O)c1cc(C(=O)NNC(=O)c2cc(-c3ccccc3)n[nH]2)n(C)c1. The van der Waals surface area contributed by atoms with Gasteiger partial charge in [0.2, 0.25) is 10.0 Å². The number of carbonyl (C=O) groups is 2. The number of benzene rings is 1. The zero-order valence-electron chi connectivity index (χ0n) is 17.4. The van der Waals surface area contributed by atoms with Gasteiger partial charge >= 0.3 is 0 Å². The van der Waals surface area contributed by atoms with Crippen molar-refractivity contribution < 1.29 is 18.0 Å². The predicted octanol–water partition coefficient (Wildman–Crippen LogP) is 1.52. The second-order valence-corrected chi connectivity index (χ2v) is 8.64. The van der Waals surface area contributed by atoms with Crippen LogP contribution in [0.3, 0.4) is 0 Å². The lowest BCUT2D eigenvalue weighted by molar-refractivity contribution is 0.0839. The summed E-state index contributed by atoms with van der Waals surface area (Å²) in [7, 11) is -2.15. The van der Waals surface area contributed by atoms with Crippen LogP contribution in [0.25, 0.3) is 11.3 Å². The van der Waals surface area contributed by atoms with Crippen LogP contribution in [-0.4, -0.2) is 52.4 Å². The fourth-order valence-electron chi connectivity index (χ4n) is 3.05. The lowest BCUT2D eigenvalue weighted by Crippen LogP contribution is -2.42. The fourth-order valence-corrected chi connectivity index (χ4v) is 4.58. The molecule has 31 heavy (non-hydrogen) atoms. The van der Waals surface area contributed by atoms with E-state index in [0.717, 1.165) is 5.56 Å². The van der Waals surface area contributed by atoms with Crippen molar-refractivity contribution in [2.45, 2.75) is 18.7 Å². The monoisotopic (exact) mass is 444 g/mol. The summed E-state index contributed by atoms with van der Waals surface area (Å²) in [5.74, 6) is -1.24. The summed E-state index contributed by atoms with van der Waals surface area (Å²) in [5.41, 5.74) is 6.27. The molecule has 2 amide bonds. The number of rotatable bonds is 7. The van der Waals surface area contributed by atoms with Gasteiger partial charge in [0, 0.05) is 31.9 Å². The van der Waals surface area contributed by atoms with Crippen LogP contribution in [0.4, 0.5) is 0 Å². The molecule has 0 fully saturated rings. The summed E-state index contributed by atoms with van der Waals surface area (Å²) in [6.07, 6.45) is 1.37. The molecule has 0 bridgehead atoms. The Bertz CT molecular complexity index is 1180. The Morgan fingerprint density at radius 3 is 2.35 bits per heavy atom. The van der Waals surface area contributed by atoms with Crippen LogP contribution < -0.4 is 10.9 Å². The number of aromatic nitrogens is 3. The molecule has 164 valence electrons. The van der Waals surface area contributed by atoms with Crippen molar-refractivity contribution in [1.29, 1.82) is 0 Å². The predicted molar refractivity (Wildman–Crippen MR) is 114 cm³/mol. The van der Waals surface area contributed by atoms with Crippen molar-refractivity contribution in [3.8, 4) is 11.3 Å². The van der Waals surface area contributed by atoms with Gasteiger partial charge in [-0.15, -0.1) is 0 Å². The van der Waals surface area contributed by atoms with Gasteiger partial charge in [-0.2, -0.15) is 9.40 Å². The standard InChI is InChI=1S/C20H24N6O4S/c1-4-26(5-2)31(29,30)15-11-18(25(3)13-15)20(28)24-23-19(27)17-12-16(21-22-17)14-9-7-6-8-10-14/h6-13H,4-5H2,1-3H3,(H,21,22)(H,23,27)(H,24,28). The average Bonchev–Trinajstić information content (AvgIpc) is 3.41. The highest BCUT2D eigenvalue weighted by atomic mass is 32.2. The molecule has 3 rings (SSSR count). The molecule has 0 saturated heterocycles. The molecule has 0 aliphatic carbocycles. The van der Waals surface area contributed by atoms with Gasteiger partial charge in [-0.05, 0) is 12.1 Å². The first-order valence-electron chi connectivity index (χ1n) is 9.66. The molecule has 10 nitrogen and oxygen atoms in total. The van der Waals surface area contributed by atoms with Crippen LogP contribution in [0.2, 0.25) is 0 Å². The topological polar surface area (TPSA) is 129 Å². The number of H-pyrrole nitrogens is 1. The van der Waals surface area contributed by atoms with Crippen LogP contribution in [0, 0.1) is 0 Å². The molecule has 1 aromatic carbocycles. The van der Waals surface area contributed by atoms with E-state index in [-0.39, 0.29) is 16.3 Å². The Kier molecular flexibility index (Phi) is 6.56. The molecule has 2 heterocycles. The summed E-state index contributed by atoms with van der Waals surface area (Å²) >= 11 is 0. The van der Waals surface area contributed by atoms with Crippen molar-refractivity contribution in [3.63, 3.8) is 0 Å². The summed E-state index contributed by atoms with van der Waals surface area (Å²) in [4.78, 5) is 24.8. The molecule has 0 atom stereocenters. The summed E-state index contributed by atoms with van der Waals surface area (Å²) in [6.45, 7) is 4.12. The van der Waals surface area contributed by atoms with Crippen LogP contribution in [0.5, 0.6) is 0 Å². The number of amides is 2. The quantitative estimate of drug-likeness (QED) is 0.476. The van der Waals surface area contributed by atoms with E-state index >= 15 is 0 Å². The number of hydrazine groups is 1. The Morgan fingerprint density at radius 1 is 1.06 bits per heavy atom. The molecule has 3 N–H and O–H groups in total. The lowest BCUT2D eigenvalue weighted by atomic mass is 10.1. The number of hydrogen-bond acceptors (Lipinski definition) is 5. The van der Waals surface area contributed by atoms with Gasteiger partial charge in [0.05, 0.1) is 5.69 Å². The molecule has 0 unspecified atom stereocenters. The van der Waals surface area contributed by atoms with Gasteiger partial charge in [-0.25, -0.2) is 8.42 Å². The molecule has 0 aliphatic rings. The van der Waals surface area contributed by atoms with Gasteiger partial charge in [-0.1, -0.05) is 44.2 Å². The maximum Gasteiger partial charge on any atom is 0.287 e. The second-order valence-electron chi connectivity index (χ2n) is 6.70. The first-order chi connectivity index (χ1) is 14.8. The third-order valence-corrected chi connectivity index (χ3v) is 6.75. The number of nitrogens with one attached hydrogen (secondary N) is 3. The Balaban J connectivity index is 1.68. The summed E-state index contributed by atoms with van der Waals surface area (Å²) < 4.78 is 28.0. The van der Waals surface area contributed by atoms with Crippen molar-refractivity contribution >= 4 is 21.8 Å². The third kappa shape index (κ3) is 4.67. The van der Waals surface area contributed by atoms with E-state index in [0.29, 0.717) is 18.8 Å². The number of carbonyl (C=O) groups excluding carboxylic acids is 2. The zero-order valence-corrected chi connectivity index (χ0v) is 18.2. The maximum atomic E-state index is 12.7. The van der Waals surface area contributed by atoms with E-state index in [1.54, 1.807) is 27.0 Å². The van der Waals surface area contributed by atoms with Crippen molar-refractivity contribution in [3.05, 3.63) is 60.0 Å². The maximum absolute atomic E-state index is 12.7. The fraction of sp³-hybridized carbons (Fsp3) is 0.250. The minimum absolute atomic E-state index is 0.0104. The first kappa shape index (κ1) is 22.2. The van der Waals surface area contributed by atoms with Gasteiger partial charge in [0.25, 0.3) is 11.8 Å². The Morgan fingerprint density at radius 2 is 1.71 bits per heavy atom. The molecular weight excluding hydrogens is 420 g/mol. The highest BCUT2D eigenvalue weighted by molar-refractivity contribution is 7.89. The molecular formula is C20H24N6O4S. The number of hydrogen-bond donors (Lipinski definition) is 3. The van der Waals surface area contributed by atoms with Crippen LogP contribution >= 0.6 is 0 Å². The zero-order chi connectivity index (χ0) is 22.6. The normalized spacial score (nSPS) is 11.5. The van der Waals surface area contributed by atoms with Gasteiger partial charge in [-0.3, -0.25) is 25.5 Å². The number of aromatic amines is 1. The average molecular weight is 445 g/mol. The van der Waals surface area contributed by atoms with Crippen molar-refractivity contribution in [2.24, 2.45) is 7.05 Å². The first-order valence-corrected chi connectivity index (χ1v) is 11.1. The number of aryl methyl sites for hydroxylation is 1. The smallest absolute Gasteiger partial charge is 0.287 e. The summed E-state index contributed by atoms with van der Waals surface area (Å²) in [6, 6.07) is 12.2. The molecule has 11 heteroatoms. The van der Waals surface area contributed by atoms with Crippen LogP contribution in [-0.2, 0) is 17.1 Å². The minimum Gasteiger partial charge on any atom is -0.345 e.